The molecule has 0 saturated heterocycles. The number of carbonyl (C=O) groups is 1. The van der Waals surface area contributed by atoms with E-state index in [0.717, 1.165) is 12.8 Å². The first-order valence-electron chi connectivity index (χ1n) is 5.21. The van der Waals surface area contributed by atoms with Gasteiger partial charge in [0.05, 0.1) is 0 Å². The maximum Gasteiger partial charge on any atom is 0.244 e. The van der Waals surface area contributed by atoms with E-state index in [4.69, 9.17) is 5.73 Å². The number of rotatable bonds is 6. The van der Waals surface area contributed by atoms with Crippen molar-refractivity contribution in [2.45, 2.75) is 52.6 Å². The smallest absolute Gasteiger partial charge is 0.244 e. The van der Waals surface area contributed by atoms with Crippen LogP contribution in [0, 0.1) is 0 Å². The Bertz CT molecular complexity index is 209. The monoisotopic (exact) mass is 198 g/mol. The largest absolute Gasteiger partial charge is 0.366 e. The van der Waals surface area contributed by atoms with Crippen molar-refractivity contribution >= 4 is 5.91 Å². The van der Waals surface area contributed by atoms with Gasteiger partial charge in [0.15, 0.2) is 0 Å². The summed E-state index contributed by atoms with van der Waals surface area (Å²) in [6.45, 7) is 8.07. The zero-order valence-corrected chi connectivity index (χ0v) is 9.63. The summed E-state index contributed by atoms with van der Waals surface area (Å²) >= 11 is 0. The van der Waals surface area contributed by atoms with Crippen molar-refractivity contribution < 1.29 is 4.79 Å². The Hall–Kier alpha value is -0.830. The summed E-state index contributed by atoms with van der Waals surface area (Å²) in [5, 5.41) is 3.38. The third-order valence-corrected chi connectivity index (χ3v) is 1.99. The summed E-state index contributed by atoms with van der Waals surface area (Å²) in [6, 6.07) is 0.677. The highest BCUT2D eigenvalue weighted by Crippen LogP contribution is 2.03. The van der Waals surface area contributed by atoms with Crippen LogP contribution < -0.4 is 11.1 Å². The molecule has 0 fully saturated rings. The third kappa shape index (κ3) is 5.75. The molecular weight excluding hydrogens is 176 g/mol. The predicted octanol–water partition coefficient (Wildman–Crippen LogP) is 1.58. The highest BCUT2D eigenvalue weighted by atomic mass is 16.1. The SMILES string of the molecule is CCCC(/C=C(\C)C(N)=O)NC(C)C. The van der Waals surface area contributed by atoms with Crippen LogP contribution in [0.25, 0.3) is 0 Å². The minimum absolute atomic E-state index is 0.257. The molecule has 14 heavy (non-hydrogen) atoms. The topological polar surface area (TPSA) is 55.1 Å². The molecule has 0 saturated carbocycles. The zero-order chi connectivity index (χ0) is 11.1. The van der Waals surface area contributed by atoms with Crippen molar-refractivity contribution in [2.24, 2.45) is 5.73 Å². The molecule has 0 heterocycles. The Morgan fingerprint density at radius 3 is 2.43 bits per heavy atom. The minimum Gasteiger partial charge on any atom is -0.366 e. The lowest BCUT2D eigenvalue weighted by molar-refractivity contribution is -0.114. The molecule has 3 heteroatoms. The third-order valence-electron chi connectivity index (χ3n) is 1.99. The normalized spacial score (nSPS) is 14.5. The maximum absolute atomic E-state index is 10.9. The van der Waals surface area contributed by atoms with Crippen LogP contribution in [0.15, 0.2) is 11.6 Å². The van der Waals surface area contributed by atoms with Gasteiger partial charge in [0.1, 0.15) is 0 Å². The summed E-state index contributed by atoms with van der Waals surface area (Å²) in [6.07, 6.45) is 4.04. The molecule has 0 aliphatic rings. The fourth-order valence-electron chi connectivity index (χ4n) is 1.34. The molecule has 0 aromatic heterocycles. The van der Waals surface area contributed by atoms with E-state index in [-0.39, 0.29) is 11.9 Å². The van der Waals surface area contributed by atoms with Crippen molar-refractivity contribution in [3.05, 3.63) is 11.6 Å². The van der Waals surface area contributed by atoms with Crippen molar-refractivity contribution in [3.8, 4) is 0 Å². The summed E-state index contributed by atoms with van der Waals surface area (Å²) in [4.78, 5) is 10.9. The lowest BCUT2D eigenvalue weighted by Gasteiger charge is -2.17. The van der Waals surface area contributed by atoms with Crippen LogP contribution in [0.4, 0.5) is 0 Å². The molecule has 0 aromatic carbocycles. The molecule has 0 rings (SSSR count). The second-order valence-electron chi connectivity index (χ2n) is 3.93. The molecule has 3 N–H and O–H groups in total. The number of nitrogens with two attached hydrogens (primary N) is 1. The Labute approximate surface area is 86.8 Å². The van der Waals surface area contributed by atoms with E-state index in [0.29, 0.717) is 11.6 Å². The average Bonchev–Trinajstić information content (AvgIpc) is 2.02. The highest BCUT2D eigenvalue weighted by molar-refractivity contribution is 5.91. The fraction of sp³-hybridized carbons (Fsp3) is 0.727. The van der Waals surface area contributed by atoms with Crippen LogP contribution in [0.2, 0.25) is 0 Å². The van der Waals surface area contributed by atoms with Crippen LogP contribution in [0.1, 0.15) is 40.5 Å². The Kier molecular flexibility index (Phi) is 6.21. The van der Waals surface area contributed by atoms with Gasteiger partial charge >= 0.3 is 0 Å². The van der Waals surface area contributed by atoms with Gasteiger partial charge in [0, 0.05) is 17.7 Å². The summed E-state index contributed by atoms with van der Waals surface area (Å²) in [5.74, 6) is -0.336. The molecule has 3 nitrogen and oxygen atoms in total. The predicted molar refractivity (Wildman–Crippen MR) is 59.9 cm³/mol. The van der Waals surface area contributed by atoms with Crippen LogP contribution in [0.5, 0.6) is 0 Å². The van der Waals surface area contributed by atoms with Gasteiger partial charge < -0.3 is 11.1 Å². The standard InChI is InChI=1S/C11H22N2O/c1-5-6-10(13-8(2)3)7-9(4)11(12)14/h7-8,10,13H,5-6H2,1-4H3,(H2,12,14)/b9-7+. The van der Waals surface area contributed by atoms with Crippen molar-refractivity contribution in [2.75, 3.05) is 0 Å². The zero-order valence-electron chi connectivity index (χ0n) is 9.63. The lowest BCUT2D eigenvalue weighted by atomic mass is 10.1. The van der Waals surface area contributed by atoms with Gasteiger partial charge in [-0.15, -0.1) is 0 Å². The minimum atomic E-state index is -0.336. The van der Waals surface area contributed by atoms with Crippen molar-refractivity contribution in [1.29, 1.82) is 0 Å². The van der Waals surface area contributed by atoms with Gasteiger partial charge in [-0.2, -0.15) is 0 Å². The summed E-state index contributed by atoms with van der Waals surface area (Å²) < 4.78 is 0. The number of primary amides is 1. The van der Waals surface area contributed by atoms with Gasteiger partial charge in [-0.25, -0.2) is 0 Å². The lowest BCUT2D eigenvalue weighted by Crippen LogP contribution is -2.34. The first-order chi connectivity index (χ1) is 6.47. The van der Waals surface area contributed by atoms with E-state index in [1.165, 1.54) is 0 Å². The van der Waals surface area contributed by atoms with Crippen LogP contribution in [0.3, 0.4) is 0 Å². The summed E-state index contributed by atoms with van der Waals surface area (Å²) in [5.41, 5.74) is 5.81. The number of hydrogen-bond donors (Lipinski definition) is 2. The highest BCUT2D eigenvalue weighted by Gasteiger charge is 2.07. The van der Waals surface area contributed by atoms with E-state index in [1.807, 2.05) is 6.08 Å². The molecule has 0 bridgehead atoms. The molecular formula is C11H22N2O. The van der Waals surface area contributed by atoms with Gasteiger partial charge in [0.25, 0.3) is 0 Å². The van der Waals surface area contributed by atoms with Crippen molar-refractivity contribution in [1.82, 2.24) is 5.32 Å². The summed E-state index contributed by atoms with van der Waals surface area (Å²) in [7, 11) is 0. The first-order valence-corrected chi connectivity index (χ1v) is 5.21. The van der Waals surface area contributed by atoms with E-state index < -0.39 is 0 Å². The molecule has 82 valence electrons. The molecule has 0 aromatic rings. The quantitative estimate of drug-likeness (QED) is 0.637. The molecule has 1 atom stereocenters. The van der Waals surface area contributed by atoms with Crippen LogP contribution in [-0.4, -0.2) is 18.0 Å². The fourth-order valence-corrected chi connectivity index (χ4v) is 1.34. The first kappa shape index (κ1) is 13.2. The molecule has 1 amide bonds. The van der Waals surface area contributed by atoms with Gasteiger partial charge in [-0.05, 0) is 13.3 Å². The van der Waals surface area contributed by atoms with E-state index in [2.05, 4.69) is 26.1 Å². The molecule has 0 radical (unpaired) electrons. The Balaban J connectivity index is 4.34. The Morgan fingerprint density at radius 2 is 2.07 bits per heavy atom. The van der Waals surface area contributed by atoms with Crippen molar-refractivity contribution in [3.63, 3.8) is 0 Å². The van der Waals surface area contributed by atoms with Crippen LogP contribution >= 0.6 is 0 Å². The van der Waals surface area contributed by atoms with Crippen LogP contribution in [-0.2, 0) is 4.79 Å². The number of carbonyl (C=O) groups excluding carboxylic acids is 1. The Morgan fingerprint density at radius 1 is 1.50 bits per heavy atom. The number of amides is 1. The van der Waals surface area contributed by atoms with E-state index in [9.17, 15) is 4.79 Å². The van der Waals surface area contributed by atoms with E-state index >= 15 is 0 Å². The second-order valence-corrected chi connectivity index (χ2v) is 3.93. The van der Waals surface area contributed by atoms with Gasteiger partial charge in [-0.3, -0.25) is 4.79 Å². The molecule has 0 aliphatic carbocycles. The number of hydrogen-bond acceptors (Lipinski definition) is 2. The number of nitrogens with one attached hydrogen (secondary N) is 1. The maximum atomic E-state index is 10.9. The average molecular weight is 198 g/mol. The molecule has 0 aliphatic heterocycles. The van der Waals surface area contributed by atoms with Gasteiger partial charge in [0.2, 0.25) is 5.91 Å². The molecule has 0 spiro atoms. The second kappa shape index (κ2) is 6.60. The van der Waals surface area contributed by atoms with E-state index in [1.54, 1.807) is 6.92 Å². The molecule has 1 unspecified atom stereocenters. The van der Waals surface area contributed by atoms with Gasteiger partial charge in [-0.1, -0.05) is 33.3 Å².